The molecule has 28 heavy (non-hydrogen) atoms. The number of thioether (sulfide) groups is 1. The lowest BCUT2D eigenvalue weighted by Gasteiger charge is -2.11. The number of aryl methyl sites for hydroxylation is 2. The van der Waals surface area contributed by atoms with E-state index in [4.69, 9.17) is 13.9 Å². The van der Waals surface area contributed by atoms with Gasteiger partial charge in [0.1, 0.15) is 11.5 Å². The van der Waals surface area contributed by atoms with Gasteiger partial charge in [-0.3, -0.25) is 4.79 Å². The summed E-state index contributed by atoms with van der Waals surface area (Å²) in [6.45, 7) is 4.03. The first kappa shape index (κ1) is 19.8. The van der Waals surface area contributed by atoms with Crippen LogP contribution in [0.1, 0.15) is 11.1 Å². The maximum Gasteiger partial charge on any atom is 0.277 e. The molecule has 0 aliphatic rings. The molecule has 146 valence electrons. The maximum atomic E-state index is 12.3. The molecule has 3 aromatic rings. The van der Waals surface area contributed by atoms with Crippen molar-refractivity contribution in [1.82, 2.24) is 10.2 Å². The zero-order valence-corrected chi connectivity index (χ0v) is 16.9. The van der Waals surface area contributed by atoms with Gasteiger partial charge in [-0.1, -0.05) is 29.0 Å². The molecule has 0 saturated heterocycles. The fraction of sp³-hybridized carbons (Fsp3) is 0.250. The molecule has 0 fully saturated rings. The Kier molecular flexibility index (Phi) is 6.20. The van der Waals surface area contributed by atoms with Gasteiger partial charge in [-0.15, -0.1) is 10.2 Å². The number of hydrogen-bond acceptors (Lipinski definition) is 7. The van der Waals surface area contributed by atoms with Crippen LogP contribution in [0.25, 0.3) is 11.5 Å². The lowest BCUT2D eigenvalue weighted by Crippen LogP contribution is -2.14. The van der Waals surface area contributed by atoms with Crippen molar-refractivity contribution in [2.75, 3.05) is 25.3 Å². The average molecular weight is 399 g/mol. The minimum Gasteiger partial charge on any atom is -0.497 e. The number of carbonyl (C=O) groups is 1. The Labute approximate surface area is 167 Å². The molecule has 1 aromatic heterocycles. The molecule has 0 atom stereocenters. The SMILES string of the molecule is COc1ccc(OC)c(NC(=O)CSc2nnc(-c3cc(C)cc(C)c3)o2)c1. The number of rotatable bonds is 7. The molecule has 0 aliphatic heterocycles. The van der Waals surface area contributed by atoms with Crippen LogP contribution in [0.5, 0.6) is 11.5 Å². The summed E-state index contributed by atoms with van der Waals surface area (Å²) in [5, 5.41) is 11.2. The number of anilines is 1. The van der Waals surface area contributed by atoms with Crippen molar-refractivity contribution in [3.8, 4) is 23.0 Å². The third-order valence-corrected chi connectivity index (χ3v) is 4.70. The molecule has 3 rings (SSSR count). The summed E-state index contributed by atoms with van der Waals surface area (Å²) >= 11 is 1.17. The molecule has 1 heterocycles. The molecule has 0 spiro atoms. The van der Waals surface area contributed by atoms with E-state index in [1.165, 1.54) is 11.8 Å². The standard InChI is InChI=1S/C20H21N3O4S/c1-12-7-13(2)9-14(8-12)19-22-23-20(27-19)28-11-18(24)21-16-10-15(25-3)5-6-17(16)26-4/h5-10H,11H2,1-4H3,(H,21,24). The Balaban J connectivity index is 1.63. The number of ether oxygens (including phenoxy) is 2. The van der Waals surface area contributed by atoms with E-state index < -0.39 is 0 Å². The fourth-order valence-electron chi connectivity index (χ4n) is 2.71. The Hall–Kier alpha value is -3.00. The van der Waals surface area contributed by atoms with Gasteiger partial charge in [0, 0.05) is 11.6 Å². The molecular weight excluding hydrogens is 378 g/mol. The second-order valence-electron chi connectivity index (χ2n) is 6.15. The van der Waals surface area contributed by atoms with E-state index in [1.807, 2.05) is 26.0 Å². The second kappa shape index (κ2) is 8.79. The van der Waals surface area contributed by atoms with E-state index in [-0.39, 0.29) is 11.7 Å². The molecule has 7 nitrogen and oxygen atoms in total. The summed E-state index contributed by atoms with van der Waals surface area (Å²) in [5.74, 6) is 1.51. The number of amides is 1. The Morgan fingerprint density at radius 1 is 1.07 bits per heavy atom. The topological polar surface area (TPSA) is 86.5 Å². The van der Waals surface area contributed by atoms with Gasteiger partial charge in [-0.25, -0.2) is 0 Å². The van der Waals surface area contributed by atoms with E-state index >= 15 is 0 Å². The predicted molar refractivity (Wildman–Crippen MR) is 108 cm³/mol. The van der Waals surface area contributed by atoms with Crippen molar-refractivity contribution in [3.63, 3.8) is 0 Å². The molecule has 2 aromatic carbocycles. The van der Waals surface area contributed by atoms with Crippen LogP contribution in [-0.4, -0.2) is 36.1 Å². The number of aromatic nitrogens is 2. The minimum atomic E-state index is -0.220. The van der Waals surface area contributed by atoms with E-state index in [2.05, 4.69) is 21.6 Å². The van der Waals surface area contributed by atoms with Gasteiger partial charge in [0.05, 0.1) is 25.7 Å². The smallest absolute Gasteiger partial charge is 0.277 e. The maximum absolute atomic E-state index is 12.3. The first-order valence-electron chi connectivity index (χ1n) is 8.55. The highest BCUT2D eigenvalue weighted by Gasteiger charge is 2.14. The van der Waals surface area contributed by atoms with Gasteiger partial charge in [-0.2, -0.15) is 0 Å². The van der Waals surface area contributed by atoms with E-state index in [0.717, 1.165) is 16.7 Å². The van der Waals surface area contributed by atoms with Crippen LogP contribution in [-0.2, 0) is 4.79 Å². The summed E-state index contributed by atoms with van der Waals surface area (Å²) in [7, 11) is 3.10. The minimum absolute atomic E-state index is 0.120. The van der Waals surface area contributed by atoms with Gasteiger partial charge in [0.15, 0.2) is 0 Å². The average Bonchev–Trinajstić information content (AvgIpc) is 3.14. The lowest BCUT2D eigenvalue weighted by atomic mass is 10.1. The van der Waals surface area contributed by atoms with Gasteiger partial charge >= 0.3 is 0 Å². The van der Waals surface area contributed by atoms with Crippen LogP contribution < -0.4 is 14.8 Å². The monoisotopic (exact) mass is 399 g/mol. The predicted octanol–water partition coefficient (Wildman–Crippen LogP) is 4.10. The van der Waals surface area contributed by atoms with Crippen LogP contribution in [0.2, 0.25) is 0 Å². The zero-order chi connectivity index (χ0) is 20.1. The van der Waals surface area contributed by atoms with Crippen LogP contribution >= 0.6 is 11.8 Å². The first-order valence-corrected chi connectivity index (χ1v) is 9.54. The van der Waals surface area contributed by atoms with E-state index in [1.54, 1.807) is 32.4 Å². The number of benzene rings is 2. The third-order valence-electron chi connectivity index (χ3n) is 3.88. The zero-order valence-electron chi connectivity index (χ0n) is 16.1. The normalized spacial score (nSPS) is 10.6. The van der Waals surface area contributed by atoms with Gasteiger partial charge < -0.3 is 19.2 Å². The lowest BCUT2D eigenvalue weighted by molar-refractivity contribution is -0.113. The molecular formula is C20H21N3O4S. The summed E-state index contributed by atoms with van der Waals surface area (Å²) in [5.41, 5.74) is 3.64. The van der Waals surface area contributed by atoms with Crippen LogP contribution in [0.4, 0.5) is 5.69 Å². The highest BCUT2D eigenvalue weighted by Crippen LogP contribution is 2.29. The van der Waals surface area contributed by atoms with Crippen molar-refractivity contribution >= 4 is 23.4 Å². The summed E-state index contributed by atoms with van der Waals surface area (Å²) in [4.78, 5) is 12.3. The molecule has 0 bridgehead atoms. The largest absolute Gasteiger partial charge is 0.497 e. The number of hydrogen-bond donors (Lipinski definition) is 1. The first-order chi connectivity index (χ1) is 13.5. The van der Waals surface area contributed by atoms with E-state index in [9.17, 15) is 4.79 Å². The van der Waals surface area contributed by atoms with Crippen LogP contribution in [0, 0.1) is 13.8 Å². The number of nitrogens with zero attached hydrogens (tertiary/aromatic N) is 2. The molecule has 0 saturated carbocycles. The number of carbonyl (C=O) groups excluding carboxylic acids is 1. The van der Waals surface area contributed by atoms with Crippen molar-refractivity contribution < 1.29 is 18.7 Å². The summed E-state index contributed by atoms with van der Waals surface area (Å²) in [6.07, 6.45) is 0. The van der Waals surface area contributed by atoms with Crippen molar-refractivity contribution in [2.45, 2.75) is 19.1 Å². The highest BCUT2D eigenvalue weighted by atomic mass is 32.2. The number of nitrogens with one attached hydrogen (secondary N) is 1. The molecule has 0 radical (unpaired) electrons. The van der Waals surface area contributed by atoms with Crippen molar-refractivity contribution in [2.24, 2.45) is 0 Å². The summed E-state index contributed by atoms with van der Waals surface area (Å²) < 4.78 is 16.1. The van der Waals surface area contributed by atoms with Crippen molar-refractivity contribution in [3.05, 3.63) is 47.5 Å². The van der Waals surface area contributed by atoms with Gasteiger partial charge in [-0.05, 0) is 38.1 Å². The summed E-state index contributed by atoms with van der Waals surface area (Å²) in [6, 6.07) is 11.2. The van der Waals surface area contributed by atoms with Gasteiger partial charge in [0.25, 0.3) is 5.22 Å². The third kappa shape index (κ3) is 4.83. The highest BCUT2D eigenvalue weighted by molar-refractivity contribution is 7.99. The van der Waals surface area contributed by atoms with E-state index in [0.29, 0.717) is 28.3 Å². The van der Waals surface area contributed by atoms with Crippen LogP contribution in [0.3, 0.4) is 0 Å². The molecule has 0 aliphatic carbocycles. The molecule has 1 N–H and O–H groups in total. The van der Waals surface area contributed by atoms with Gasteiger partial charge in [0.2, 0.25) is 11.8 Å². The van der Waals surface area contributed by atoms with Crippen molar-refractivity contribution in [1.29, 1.82) is 0 Å². The molecule has 1 amide bonds. The fourth-order valence-corrected chi connectivity index (χ4v) is 3.27. The van der Waals surface area contributed by atoms with Crippen LogP contribution in [0.15, 0.2) is 46.0 Å². The molecule has 0 unspecified atom stereocenters. The Bertz CT molecular complexity index is 967. The number of methoxy groups -OCH3 is 2. The molecule has 8 heteroatoms. The second-order valence-corrected chi connectivity index (χ2v) is 7.08. The quantitative estimate of drug-likeness (QED) is 0.599. The Morgan fingerprint density at radius 2 is 1.82 bits per heavy atom. The Morgan fingerprint density at radius 3 is 2.50 bits per heavy atom.